The van der Waals surface area contributed by atoms with Gasteiger partial charge in [-0.2, -0.15) is 0 Å². The van der Waals surface area contributed by atoms with E-state index in [4.69, 9.17) is 9.47 Å². The number of likely N-dealkylation sites (N-methyl/N-ethyl adjacent to an activating group) is 2. The molecule has 0 saturated carbocycles. The Morgan fingerprint density at radius 2 is 1.52 bits per heavy atom. The van der Waals surface area contributed by atoms with E-state index in [-0.39, 0.29) is 53.8 Å². The molecule has 3 N–H and O–H groups in total. The highest BCUT2D eigenvalue weighted by Gasteiger charge is 2.42. The zero-order valence-corrected chi connectivity index (χ0v) is 38.8. The molecule has 8 atom stereocenters. The van der Waals surface area contributed by atoms with Gasteiger partial charge in [0.25, 0.3) is 0 Å². The zero-order valence-electron chi connectivity index (χ0n) is 38.8. The number of benzene rings is 2. The van der Waals surface area contributed by atoms with Gasteiger partial charge in [-0.15, -0.1) is 0 Å². The van der Waals surface area contributed by atoms with Crippen LogP contribution in [0.4, 0.5) is 5.69 Å². The Kier molecular flexibility index (Phi) is 19.9. The molecule has 0 spiro atoms. The molecule has 1 heterocycles. The maximum absolute atomic E-state index is 14.5. The van der Waals surface area contributed by atoms with Crippen LogP contribution in [-0.4, -0.2) is 123 Å². The van der Waals surface area contributed by atoms with E-state index in [2.05, 4.69) is 28.6 Å². The summed E-state index contributed by atoms with van der Waals surface area (Å²) >= 11 is 0. The molecule has 2 aromatic rings. The molecule has 1 unspecified atom stereocenters. The number of anilines is 1. The monoisotopic (exact) mass is 847 g/mol. The third-order valence-corrected chi connectivity index (χ3v) is 12.4. The van der Waals surface area contributed by atoms with Crippen LogP contribution in [0.25, 0.3) is 0 Å². The van der Waals surface area contributed by atoms with Crippen molar-refractivity contribution in [3.8, 4) is 0 Å². The maximum Gasteiger partial charge on any atom is 0.328 e. The Labute approximate surface area is 365 Å². The molecular weight excluding hydrogens is 773 g/mol. The molecular formula is C48H74N6O7. The normalized spacial score (nSPS) is 17.5. The summed E-state index contributed by atoms with van der Waals surface area (Å²) in [5, 5.41) is 9.17. The number of esters is 1. The van der Waals surface area contributed by atoms with E-state index in [1.807, 2.05) is 121 Å². The summed E-state index contributed by atoms with van der Waals surface area (Å²) < 4.78 is 11.0. The third kappa shape index (κ3) is 13.6. The van der Waals surface area contributed by atoms with Gasteiger partial charge in [-0.25, -0.2) is 4.79 Å². The first-order valence-electron chi connectivity index (χ1n) is 21.9. The number of hydrogen-bond donors (Lipinski definition) is 3. The molecule has 3 rings (SSSR count). The summed E-state index contributed by atoms with van der Waals surface area (Å²) in [5.74, 6) is -2.51. The second-order valence-electron chi connectivity index (χ2n) is 17.4. The van der Waals surface area contributed by atoms with Crippen LogP contribution >= 0.6 is 0 Å². The lowest BCUT2D eigenvalue weighted by atomic mass is 9.86. The van der Waals surface area contributed by atoms with Crippen LogP contribution in [0, 0.1) is 23.7 Å². The zero-order chi connectivity index (χ0) is 45.6. The van der Waals surface area contributed by atoms with E-state index < -0.39 is 42.2 Å². The van der Waals surface area contributed by atoms with Crippen LogP contribution in [0.3, 0.4) is 0 Å². The Morgan fingerprint density at radius 1 is 0.869 bits per heavy atom. The average molecular weight is 847 g/mol. The number of likely N-dealkylation sites (tertiary alicyclic amines) is 1. The molecule has 61 heavy (non-hydrogen) atoms. The minimum atomic E-state index is -0.852. The van der Waals surface area contributed by atoms with Gasteiger partial charge in [0.1, 0.15) is 12.1 Å². The summed E-state index contributed by atoms with van der Waals surface area (Å²) in [6.45, 7) is 19.0. The number of carbonyl (C=O) groups excluding carboxylic acids is 5. The lowest BCUT2D eigenvalue weighted by Gasteiger charge is -2.39. The second-order valence-corrected chi connectivity index (χ2v) is 17.4. The predicted molar refractivity (Wildman–Crippen MR) is 241 cm³/mol. The predicted octanol–water partition coefficient (Wildman–Crippen LogP) is 5.69. The molecule has 13 heteroatoms. The highest BCUT2D eigenvalue weighted by Crippen LogP contribution is 2.31. The number of methoxy groups -OCH3 is 2. The van der Waals surface area contributed by atoms with Crippen molar-refractivity contribution in [2.45, 2.75) is 123 Å². The molecule has 1 aliphatic rings. The number of nitrogens with one attached hydrogen (secondary N) is 3. The third-order valence-electron chi connectivity index (χ3n) is 12.4. The van der Waals surface area contributed by atoms with Crippen molar-refractivity contribution >= 4 is 35.3 Å². The Balaban J connectivity index is 1.77. The van der Waals surface area contributed by atoms with E-state index in [0.29, 0.717) is 25.9 Å². The van der Waals surface area contributed by atoms with Crippen LogP contribution < -0.4 is 16.0 Å². The van der Waals surface area contributed by atoms with Gasteiger partial charge in [-0.1, -0.05) is 103 Å². The SMILES string of the molecule is C=C(CC)[C@@H]([C@@H](CC(=O)N1CCCC1[C@H](C)[C@@H](C)C(=O)N[C@@H](Cc1ccccc1)C(=O)OC)OC)N(C)C(=O)[C@@H](NC(=O)[C@H](C(C)C)N(C)Cc1cccc(NC)c1)C(C)C. The first kappa shape index (κ1) is 50.6. The highest BCUT2D eigenvalue weighted by molar-refractivity contribution is 5.90. The molecule has 0 bridgehead atoms. The first-order chi connectivity index (χ1) is 28.9. The summed E-state index contributed by atoms with van der Waals surface area (Å²) in [4.78, 5) is 74.7. The topological polar surface area (TPSA) is 150 Å². The quantitative estimate of drug-likeness (QED) is 0.0948. The Bertz CT molecular complexity index is 1770. The van der Waals surface area contributed by atoms with Crippen molar-refractivity contribution in [2.75, 3.05) is 47.2 Å². The molecule has 0 aromatic heterocycles. The van der Waals surface area contributed by atoms with Crippen LogP contribution in [0.1, 0.15) is 85.3 Å². The van der Waals surface area contributed by atoms with Gasteiger partial charge in [0.15, 0.2) is 0 Å². The molecule has 1 aliphatic heterocycles. The fraction of sp³-hybridized carbons (Fsp3) is 0.604. The van der Waals surface area contributed by atoms with Gasteiger partial charge in [0.2, 0.25) is 23.6 Å². The molecule has 4 amide bonds. The minimum Gasteiger partial charge on any atom is -0.467 e. The fourth-order valence-corrected chi connectivity index (χ4v) is 8.65. The van der Waals surface area contributed by atoms with Crippen molar-refractivity contribution in [2.24, 2.45) is 23.7 Å². The standard InChI is InChI=1S/C48H74N6O7/c1-14-32(6)44(53(11)47(58)42(30(2)3)51-46(57)43(31(4)5)52(10)29-36-22-18-23-37(26-36)49-9)40(60-12)28-41(55)54-25-19-24-39(54)33(7)34(8)45(56)50-38(48(59)61-13)27-35-20-16-15-17-21-35/h15-18,20-23,26,30-31,33-34,38-40,42-44,49H,6,14,19,24-25,27-29H2,1-5,7-13H3,(H,50,56)(H,51,57)/t33-,34-,38+,39?,40-,42+,43+,44+/m1/s1. The second kappa shape index (κ2) is 24.0. The van der Waals surface area contributed by atoms with Crippen molar-refractivity contribution in [1.82, 2.24) is 25.3 Å². The molecule has 0 aliphatic carbocycles. The number of hydrogen-bond acceptors (Lipinski definition) is 9. The molecule has 0 radical (unpaired) electrons. The van der Waals surface area contributed by atoms with Gasteiger partial charge < -0.3 is 35.2 Å². The molecule has 1 saturated heterocycles. The molecule has 2 aromatic carbocycles. The van der Waals surface area contributed by atoms with Gasteiger partial charge in [0.05, 0.1) is 31.7 Å². The van der Waals surface area contributed by atoms with Crippen LogP contribution in [0.2, 0.25) is 0 Å². The smallest absolute Gasteiger partial charge is 0.328 e. The molecule has 1 fully saturated rings. The number of ether oxygens (including phenoxy) is 2. The van der Waals surface area contributed by atoms with Crippen molar-refractivity contribution in [1.29, 1.82) is 0 Å². The number of amides is 4. The summed E-state index contributed by atoms with van der Waals surface area (Å²) in [6.07, 6.45) is 1.59. The lowest BCUT2D eigenvalue weighted by molar-refractivity contribution is -0.146. The lowest BCUT2D eigenvalue weighted by Crippen LogP contribution is -2.59. The molecule has 338 valence electrons. The number of nitrogens with zero attached hydrogens (tertiary/aromatic N) is 3. The van der Waals surface area contributed by atoms with Crippen molar-refractivity contribution < 1.29 is 33.4 Å². The van der Waals surface area contributed by atoms with Gasteiger partial charge >= 0.3 is 5.97 Å². The summed E-state index contributed by atoms with van der Waals surface area (Å²) in [7, 11) is 8.32. The largest absolute Gasteiger partial charge is 0.467 e. The van der Waals surface area contributed by atoms with E-state index >= 15 is 0 Å². The average Bonchev–Trinajstić information content (AvgIpc) is 3.74. The Hall–Kier alpha value is -4.75. The van der Waals surface area contributed by atoms with E-state index in [1.54, 1.807) is 11.9 Å². The van der Waals surface area contributed by atoms with Crippen LogP contribution in [-0.2, 0) is 46.4 Å². The first-order valence-corrected chi connectivity index (χ1v) is 21.9. The fourth-order valence-electron chi connectivity index (χ4n) is 8.65. The molecule has 13 nitrogen and oxygen atoms in total. The summed E-state index contributed by atoms with van der Waals surface area (Å²) in [5.41, 5.74) is 3.66. The van der Waals surface area contributed by atoms with Crippen LogP contribution in [0.15, 0.2) is 66.7 Å². The van der Waals surface area contributed by atoms with Gasteiger partial charge in [0, 0.05) is 58.4 Å². The summed E-state index contributed by atoms with van der Waals surface area (Å²) in [6, 6.07) is 14.4. The Morgan fingerprint density at radius 3 is 2.10 bits per heavy atom. The van der Waals surface area contributed by atoms with E-state index in [9.17, 15) is 24.0 Å². The van der Waals surface area contributed by atoms with E-state index in [0.717, 1.165) is 35.2 Å². The van der Waals surface area contributed by atoms with E-state index in [1.165, 1.54) is 14.2 Å². The number of carbonyl (C=O) groups is 5. The van der Waals surface area contributed by atoms with Crippen molar-refractivity contribution in [3.05, 3.63) is 77.9 Å². The minimum absolute atomic E-state index is 0.0171. The maximum atomic E-state index is 14.5. The van der Waals surface area contributed by atoms with Crippen LogP contribution in [0.5, 0.6) is 0 Å². The van der Waals surface area contributed by atoms with Crippen molar-refractivity contribution in [3.63, 3.8) is 0 Å². The van der Waals surface area contributed by atoms with Gasteiger partial charge in [-0.3, -0.25) is 24.1 Å². The number of rotatable bonds is 23. The highest BCUT2D eigenvalue weighted by atomic mass is 16.5. The van der Waals surface area contributed by atoms with Gasteiger partial charge in [-0.05, 0) is 67.3 Å².